The van der Waals surface area contributed by atoms with Gasteiger partial charge in [-0.3, -0.25) is 0 Å². The summed E-state index contributed by atoms with van der Waals surface area (Å²) in [5.74, 6) is 0.916. The van der Waals surface area contributed by atoms with Crippen LogP contribution >= 0.6 is 0 Å². The third-order valence-corrected chi connectivity index (χ3v) is 2.01. The zero-order valence-corrected chi connectivity index (χ0v) is 9.39. The van der Waals surface area contributed by atoms with Crippen molar-refractivity contribution in [3.8, 4) is 0 Å². The van der Waals surface area contributed by atoms with Crippen molar-refractivity contribution < 1.29 is 0 Å². The van der Waals surface area contributed by atoms with Crippen LogP contribution in [0, 0.1) is 11.8 Å². The molecule has 0 saturated heterocycles. The minimum absolute atomic E-state index is 0.401. The fraction of sp³-hybridized carbons (Fsp3) is 0.636. The van der Waals surface area contributed by atoms with E-state index < -0.39 is 0 Å². The summed E-state index contributed by atoms with van der Waals surface area (Å²) in [6.07, 6.45) is 3.97. The quantitative estimate of drug-likeness (QED) is 0.701. The van der Waals surface area contributed by atoms with Crippen LogP contribution in [0.15, 0.2) is 23.7 Å². The highest BCUT2D eigenvalue weighted by Crippen LogP contribution is 2.06. The first-order chi connectivity index (χ1) is 5.99. The maximum absolute atomic E-state index is 5.79. The summed E-state index contributed by atoms with van der Waals surface area (Å²) in [5, 5.41) is 3.22. The molecule has 0 rings (SSSR count). The van der Waals surface area contributed by atoms with Crippen LogP contribution in [0.4, 0.5) is 0 Å². The molecule has 0 aromatic heterocycles. The van der Waals surface area contributed by atoms with E-state index in [1.165, 1.54) is 5.70 Å². The molecule has 0 aromatic carbocycles. The zero-order valence-electron chi connectivity index (χ0n) is 9.39. The second kappa shape index (κ2) is 5.68. The molecular formula is C11H22N2. The highest BCUT2D eigenvalue weighted by molar-refractivity contribution is 5.08. The topological polar surface area (TPSA) is 38.0 Å². The SMILES string of the molecule is C/C=C(\N/C=C(\N)C(C)C)C(C)C. The van der Waals surface area contributed by atoms with Gasteiger partial charge in [0.2, 0.25) is 0 Å². The van der Waals surface area contributed by atoms with E-state index in [1.54, 1.807) is 0 Å². The third kappa shape index (κ3) is 4.61. The van der Waals surface area contributed by atoms with Gasteiger partial charge in [0.1, 0.15) is 0 Å². The average Bonchev–Trinajstić information content (AvgIpc) is 2.04. The van der Waals surface area contributed by atoms with Crippen molar-refractivity contribution in [3.05, 3.63) is 23.7 Å². The smallest absolute Gasteiger partial charge is 0.0269 e. The number of rotatable bonds is 4. The molecule has 3 N–H and O–H groups in total. The standard InChI is InChI=1S/C11H22N2/c1-6-11(9(4)5)13-7-10(12)8(2)3/h6-9,13H,12H2,1-5H3/b10-7-,11-6-. The van der Waals surface area contributed by atoms with Crippen molar-refractivity contribution in [1.82, 2.24) is 5.32 Å². The Balaban J connectivity index is 4.21. The Labute approximate surface area is 81.9 Å². The van der Waals surface area contributed by atoms with Crippen LogP contribution in [0.25, 0.3) is 0 Å². The number of allylic oxidation sites excluding steroid dienone is 3. The van der Waals surface area contributed by atoms with E-state index in [-0.39, 0.29) is 0 Å². The Morgan fingerprint density at radius 1 is 1.15 bits per heavy atom. The largest absolute Gasteiger partial charge is 0.401 e. The van der Waals surface area contributed by atoms with Gasteiger partial charge in [-0.05, 0) is 18.8 Å². The van der Waals surface area contributed by atoms with Gasteiger partial charge >= 0.3 is 0 Å². The summed E-state index contributed by atoms with van der Waals surface area (Å²) < 4.78 is 0. The molecule has 0 aromatic rings. The highest BCUT2D eigenvalue weighted by Gasteiger charge is 2.00. The first kappa shape index (κ1) is 12.1. The van der Waals surface area contributed by atoms with E-state index in [0.29, 0.717) is 11.8 Å². The van der Waals surface area contributed by atoms with Crippen LogP contribution in [0.1, 0.15) is 34.6 Å². The van der Waals surface area contributed by atoms with Crippen LogP contribution in [-0.2, 0) is 0 Å². The fourth-order valence-corrected chi connectivity index (χ4v) is 0.917. The second-order valence-electron chi connectivity index (χ2n) is 3.84. The Morgan fingerprint density at radius 3 is 2.00 bits per heavy atom. The normalized spacial score (nSPS) is 14.1. The van der Waals surface area contributed by atoms with E-state index in [2.05, 4.69) is 39.1 Å². The van der Waals surface area contributed by atoms with Crippen LogP contribution < -0.4 is 11.1 Å². The summed E-state index contributed by atoms with van der Waals surface area (Å²) in [7, 11) is 0. The van der Waals surface area contributed by atoms with Gasteiger partial charge in [-0.2, -0.15) is 0 Å². The first-order valence-corrected chi connectivity index (χ1v) is 4.87. The van der Waals surface area contributed by atoms with Gasteiger partial charge < -0.3 is 11.1 Å². The Bertz CT molecular complexity index is 200. The number of nitrogens with two attached hydrogens (primary N) is 1. The van der Waals surface area contributed by atoms with Crippen LogP contribution in [0.2, 0.25) is 0 Å². The van der Waals surface area contributed by atoms with E-state index in [1.807, 2.05) is 13.1 Å². The van der Waals surface area contributed by atoms with Crippen molar-refractivity contribution in [2.45, 2.75) is 34.6 Å². The van der Waals surface area contributed by atoms with Crippen LogP contribution in [-0.4, -0.2) is 0 Å². The molecular weight excluding hydrogens is 160 g/mol. The predicted molar refractivity (Wildman–Crippen MR) is 58.8 cm³/mol. The maximum Gasteiger partial charge on any atom is 0.0269 e. The molecule has 0 spiro atoms. The first-order valence-electron chi connectivity index (χ1n) is 4.87. The highest BCUT2D eigenvalue weighted by atomic mass is 14.9. The molecule has 76 valence electrons. The summed E-state index contributed by atoms with van der Waals surface area (Å²) in [6, 6.07) is 0. The van der Waals surface area contributed by atoms with Crippen LogP contribution in [0.5, 0.6) is 0 Å². The molecule has 2 nitrogen and oxygen atoms in total. The molecule has 0 fully saturated rings. The van der Waals surface area contributed by atoms with Crippen molar-refractivity contribution >= 4 is 0 Å². The summed E-state index contributed by atoms with van der Waals surface area (Å²) in [5.41, 5.74) is 7.89. The minimum Gasteiger partial charge on any atom is -0.401 e. The summed E-state index contributed by atoms with van der Waals surface area (Å²) >= 11 is 0. The van der Waals surface area contributed by atoms with Crippen molar-refractivity contribution in [1.29, 1.82) is 0 Å². The lowest BCUT2D eigenvalue weighted by Gasteiger charge is -2.12. The molecule has 0 aliphatic rings. The van der Waals surface area contributed by atoms with E-state index in [4.69, 9.17) is 5.73 Å². The average molecular weight is 182 g/mol. The van der Waals surface area contributed by atoms with Gasteiger partial charge in [-0.15, -0.1) is 0 Å². The maximum atomic E-state index is 5.79. The van der Waals surface area contributed by atoms with Crippen molar-refractivity contribution in [2.24, 2.45) is 17.6 Å². The molecule has 0 atom stereocenters. The van der Waals surface area contributed by atoms with Gasteiger partial charge in [-0.1, -0.05) is 33.8 Å². The number of hydrogen-bond donors (Lipinski definition) is 2. The van der Waals surface area contributed by atoms with E-state index in [0.717, 1.165) is 5.70 Å². The Hall–Kier alpha value is -0.920. The minimum atomic E-state index is 0.401. The molecule has 0 amide bonds. The van der Waals surface area contributed by atoms with Crippen LogP contribution in [0.3, 0.4) is 0 Å². The van der Waals surface area contributed by atoms with Gasteiger partial charge in [0, 0.05) is 17.6 Å². The van der Waals surface area contributed by atoms with E-state index in [9.17, 15) is 0 Å². The zero-order chi connectivity index (χ0) is 10.4. The molecule has 13 heavy (non-hydrogen) atoms. The van der Waals surface area contributed by atoms with Gasteiger partial charge in [0.25, 0.3) is 0 Å². The van der Waals surface area contributed by atoms with E-state index >= 15 is 0 Å². The van der Waals surface area contributed by atoms with Crippen molar-refractivity contribution in [2.75, 3.05) is 0 Å². The molecule has 0 bridgehead atoms. The summed E-state index contributed by atoms with van der Waals surface area (Å²) in [4.78, 5) is 0. The molecule has 0 saturated carbocycles. The molecule has 0 aliphatic carbocycles. The Kier molecular flexibility index (Phi) is 5.28. The molecule has 0 unspecified atom stereocenters. The monoisotopic (exact) mass is 182 g/mol. The lowest BCUT2D eigenvalue weighted by Crippen LogP contribution is -2.15. The molecule has 2 heteroatoms. The summed E-state index contributed by atoms with van der Waals surface area (Å²) in [6.45, 7) is 10.5. The van der Waals surface area contributed by atoms with Gasteiger partial charge in [0.15, 0.2) is 0 Å². The predicted octanol–water partition coefficient (Wildman–Crippen LogP) is 2.59. The van der Waals surface area contributed by atoms with Gasteiger partial charge in [0.05, 0.1) is 0 Å². The van der Waals surface area contributed by atoms with Crippen molar-refractivity contribution in [3.63, 3.8) is 0 Å². The molecule has 0 radical (unpaired) electrons. The second-order valence-corrected chi connectivity index (χ2v) is 3.84. The lowest BCUT2D eigenvalue weighted by atomic mass is 10.1. The number of hydrogen-bond acceptors (Lipinski definition) is 2. The molecule has 0 aliphatic heterocycles. The lowest BCUT2D eigenvalue weighted by molar-refractivity contribution is 0.694. The number of nitrogens with one attached hydrogen (secondary N) is 1. The molecule has 0 heterocycles. The van der Waals surface area contributed by atoms with Gasteiger partial charge in [-0.25, -0.2) is 0 Å². The third-order valence-electron chi connectivity index (χ3n) is 2.01. The fourth-order valence-electron chi connectivity index (χ4n) is 0.917. The Morgan fingerprint density at radius 2 is 1.69 bits per heavy atom.